The molecule has 9 heteroatoms. The fourth-order valence-electron chi connectivity index (χ4n) is 4.53. The number of benzene rings is 3. The van der Waals surface area contributed by atoms with Gasteiger partial charge in [-0.05, 0) is 42.7 Å². The van der Waals surface area contributed by atoms with Gasteiger partial charge in [-0.3, -0.25) is 4.79 Å². The highest BCUT2D eigenvalue weighted by Gasteiger charge is 2.40. The number of fused-ring (bicyclic) bond motifs is 2. The van der Waals surface area contributed by atoms with Gasteiger partial charge in [0.1, 0.15) is 23.4 Å². The molecule has 2 heterocycles. The summed E-state index contributed by atoms with van der Waals surface area (Å²) in [6, 6.07) is 23.3. The Hall–Kier alpha value is -4.11. The number of nitrogens with zero attached hydrogens (tertiary/aromatic N) is 2. The van der Waals surface area contributed by atoms with Crippen LogP contribution in [0.25, 0.3) is 6.08 Å². The van der Waals surface area contributed by atoms with Gasteiger partial charge in [0.2, 0.25) is 0 Å². The third kappa shape index (κ3) is 5.43. The van der Waals surface area contributed by atoms with E-state index < -0.39 is 22.0 Å². The highest BCUT2D eigenvalue weighted by Crippen LogP contribution is 2.30. The molecule has 3 aromatic carbocycles. The third-order valence-electron chi connectivity index (χ3n) is 6.50. The molecule has 0 bridgehead atoms. The molecule has 38 heavy (non-hydrogen) atoms. The highest BCUT2D eigenvalue weighted by atomic mass is 32.2. The van der Waals surface area contributed by atoms with E-state index in [4.69, 9.17) is 9.47 Å². The Kier molecular flexibility index (Phi) is 7.46. The standard InChI is InChI=1S/C29H28N2O6S/c32-28-25-13-5-7-15-27(25)38(34,35)31(28)19-9-8-18-30(29(33)36-21-22-10-2-1-3-11-22)20-24-17-16-23-12-4-6-14-26(23)37-24/h1-7,10-17,24H,8-9,18-21H2. The lowest BCUT2D eigenvalue weighted by Gasteiger charge is -2.28. The van der Waals surface area contributed by atoms with Gasteiger partial charge in [-0.1, -0.05) is 66.7 Å². The van der Waals surface area contributed by atoms with E-state index in [1.54, 1.807) is 17.0 Å². The van der Waals surface area contributed by atoms with Crippen LogP contribution in [-0.2, 0) is 21.4 Å². The lowest BCUT2D eigenvalue weighted by atomic mass is 10.1. The van der Waals surface area contributed by atoms with Crippen molar-refractivity contribution in [3.8, 4) is 5.75 Å². The van der Waals surface area contributed by atoms with E-state index in [-0.39, 0.29) is 36.3 Å². The van der Waals surface area contributed by atoms with E-state index in [0.717, 1.165) is 21.2 Å². The van der Waals surface area contributed by atoms with Gasteiger partial charge in [-0.2, -0.15) is 0 Å². The van der Waals surface area contributed by atoms with Crippen molar-refractivity contribution in [3.63, 3.8) is 0 Å². The molecule has 196 valence electrons. The van der Waals surface area contributed by atoms with Crippen LogP contribution in [0.4, 0.5) is 4.79 Å². The van der Waals surface area contributed by atoms with Gasteiger partial charge in [0, 0.05) is 18.7 Å². The highest BCUT2D eigenvalue weighted by molar-refractivity contribution is 7.90. The molecule has 1 unspecified atom stereocenters. The van der Waals surface area contributed by atoms with Crippen LogP contribution >= 0.6 is 0 Å². The molecule has 0 aliphatic carbocycles. The monoisotopic (exact) mass is 532 g/mol. The molecule has 3 aromatic rings. The van der Waals surface area contributed by atoms with Crippen molar-refractivity contribution in [2.75, 3.05) is 19.6 Å². The number of para-hydroxylation sites is 1. The summed E-state index contributed by atoms with van der Waals surface area (Å²) in [4.78, 5) is 27.3. The van der Waals surface area contributed by atoms with Crippen molar-refractivity contribution >= 4 is 28.1 Å². The molecule has 2 amide bonds. The maximum atomic E-state index is 13.1. The van der Waals surface area contributed by atoms with Gasteiger partial charge in [-0.15, -0.1) is 0 Å². The van der Waals surface area contributed by atoms with Crippen LogP contribution in [0, 0.1) is 0 Å². The number of ether oxygens (including phenoxy) is 2. The SMILES string of the molecule is O=C(OCc1ccccc1)N(CCCCN1C(=O)c2ccccc2S1(=O)=O)CC1C=Cc2ccccc2O1. The number of carbonyl (C=O) groups excluding carboxylic acids is 2. The molecular weight excluding hydrogens is 504 g/mol. The van der Waals surface area contributed by atoms with Gasteiger partial charge in [0.15, 0.2) is 0 Å². The number of rotatable bonds is 9. The minimum atomic E-state index is -3.85. The summed E-state index contributed by atoms with van der Waals surface area (Å²) in [7, 11) is -3.85. The second-order valence-electron chi connectivity index (χ2n) is 9.13. The predicted octanol–water partition coefficient (Wildman–Crippen LogP) is 4.72. The van der Waals surface area contributed by atoms with E-state index in [1.165, 1.54) is 12.1 Å². The largest absolute Gasteiger partial charge is 0.484 e. The van der Waals surface area contributed by atoms with Crippen molar-refractivity contribution in [1.29, 1.82) is 0 Å². The van der Waals surface area contributed by atoms with Crippen molar-refractivity contribution < 1.29 is 27.5 Å². The summed E-state index contributed by atoms with van der Waals surface area (Å²) in [5, 5.41) is 0. The molecule has 0 aromatic heterocycles. The normalized spacial score (nSPS) is 16.9. The number of sulfonamides is 1. The molecule has 0 N–H and O–H groups in total. The second-order valence-corrected chi connectivity index (χ2v) is 11.0. The first kappa shape index (κ1) is 25.5. The quantitative estimate of drug-likeness (QED) is 0.370. The number of unbranched alkanes of at least 4 members (excludes halogenated alkanes) is 1. The van der Waals surface area contributed by atoms with Crippen LogP contribution in [0.2, 0.25) is 0 Å². The van der Waals surface area contributed by atoms with Crippen LogP contribution in [0.5, 0.6) is 5.75 Å². The molecule has 0 radical (unpaired) electrons. The Balaban J connectivity index is 1.21. The van der Waals surface area contributed by atoms with Gasteiger partial charge in [0.25, 0.3) is 15.9 Å². The van der Waals surface area contributed by atoms with Crippen LogP contribution in [0.1, 0.15) is 34.3 Å². The molecule has 0 fully saturated rings. The molecule has 0 spiro atoms. The zero-order valence-electron chi connectivity index (χ0n) is 20.7. The molecule has 2 aliphatic rings. The first-order valence-corrected chi connectivity index (χ1v) is 13.9. The maximum Gasteiger partial charge on any atom is 0.410 e. The number of amides is 2. The van der Waals surface area contributed by atoms with Gasteiger partial charge in [0.05, 0.1) is 12.1 Å². The van der Waals surface area contributed by atoms with Gasteiger partial charge < -0.3 is 14.4 Å². The molecule has 8 nitrogen and oxygen atoms in total. The zero-order chi connectivity index (χ0) is 26.5. The average Bonchev–Trinajstić information content (AvgIpc) is 3.14. The zero-order valence-corrected chi connectivity index (χ0v) is 21.5. The smallest absolute Gasteiger partial charge is 0.410 e. The van der Waals surface area contributed by atoms with Crippen LogP contribution in [0.15, 0.2) is 89.8 Å². The van der Waals surface area contributed by atoms with Crippen molar-refractivity contribution in [1.82, 2.24) is 9.21 Å². The minimum absolute atomic E-state index is 0.0377. The maximum absolute atomic E-state index is 13.1. The topological polar surface area (TPSA) is 93.2 Å². The Morgan fingerprint density at radius 3 is 2.50 bits per heavy atom. The molecule has 5 rings (SSSR count). The molecular formula is C29H28N2O6S. The number of carbonyl (C=O) groups is 2. The molecule has 0 saturated carbocycles. The van der Waals surface area contributed by atoms with E-state index in [2.05, 4.69) is 0 Å². The Labute approximate surface area is 222 Å². The Bertz CT molecular complexity index is 1450. The summed E-state index contributed by atoms with van der Waals surface area (Å²) in [5.74, 6) is 0.231. The van der Waals surface area contributed by atoms with Crippen LogP contribution < -0.4 is 4.74 Å². The van der Waals surface area contributed by atoms with Crippen molar-refractivity contribution in [2.45, 2.75) is 30.4 Å². The summed E-state index contributed by atoms with van der Waals surface area (Å²) in [6.07, 6.45) is 3.91. The van der Waals surface area contributed by atoms with Gasteiger partial charge in [-0.25, -0.2) is 17.5 Å². The number of hydrogen-bond donors (Lipinski definition) is 0. The average molecular weight is 533 g/mol. The van der Waals surface area contributed by atoms with Crippen molar-refractivity contribution in [2.24, 2.45) is 0 Å². The first-order chi connectivity index (χ1) is 18.4. The molecule has 1 atom stereocenters. The first-order valence-electron chi connectivity index (χ1n) is 12.5. The lowest BCUT2D eigenvalue weighted by Crippen LogP contribution is -2.40. The van der Waals surface area contributed by atoms with E-state index >= 15 is 0 Å². The molecule has 0 saturated heterocycles. The van der Waals surface area contributed by atoms with Crippen molar-refractivity contribution in [3.05, 3.63) is 102 Å². The second kappa shape index (κ2) is 11.1. The van der Waals surface area contributed by atoms with Crippen LogP contribution in [-0.4, -0.2) is 55.4 Å². The summed E-state index contributed by atoms with van der Waals surface area (Å²) < 4.78 is 38.2. The van der Waals surface area contributed by atoms with Crippen LogP contribution in [0.3, 0.4) is 0 Å². The van der Waals surface area contributed by atoms with E-state index in [0.29, 0.717) is 19.4 Å². The number of hydrogen-bond acceptors (Lipinski definition) is 6. The van der Waals surface area contributed by atoms with Gasteiger partial charge >= 0.3 is 6.09 Å². The summed E-state index contributed by atoms with van der Waals surface area (Å²) in [5.41, 5.74) is 2.04. The fourth-order valence-corrected chi connectivity index (χ4v) is 6.14. The third-order valence-corrected chi connectivity index (χ3v) is 8.34. The van der Waals surface area contributed by atoms with E-state index in [9.17, 15) is 18.0 Å². The lowest BCUT2D eigenvalue weighted by molar-refractivity contribution is 0.0804. The minimum Gasteiger partial charge on any atom is -0.484 e. The molecule has 2 aliphatic heterocycles. The predicted molar refractivity (Wildman–Crippen MR) is 142 cm³/mol. The fraction of sp³-hybridized carbons (Fsp3) is 0.241. The summed E-state index contributed by atoms with van der Waals surface area (Å²) in [6.45, 7) is 0.762. The van der Waals surface area contributed by atoms with E-state index in [1.807, 2.05) is 66.7 Å². The Morgan fingerprint density at radius 2 is 1.68 bits per heavy atom. The summed E-state index contributed by atoms with van der Waals surface area (Å²) >= 11 is 0. The Morgan fingerprint density at radius 1 is 0.947 bits per heavy atom.